The van der Waals surface area contributed by atoms with Crippen molar-refractivity contribution >= 4 is 17.6 Å². The van der Waals surface area contributed by atoms with Crippen LogP contribution in [0.3, 0.4) is 0 Å². The molecule has 150 valence electrons. The van der Waals surface area contributed by atoms with Gasteiger partial charge >= 0.3 is 12.1 Å². The molecule has 3 rings (SSSR count). The molecule has 9 heteroatoms. The average Bonchev–Trinajstić information content (AvgIpc) is 3.14. The van der Waals surface area contributed by atoms with Crippen molar-refractivity contribution in [2.24, 2.45) is 0 Å². The zero-order valence-corrected chi connectivity index (χ0v) is 14.9. The molecular formula is C20H14F3NO5. The number of carbonyl (C=O) groups excluding carboxylic acids is 1. The molecule has 6 nitrogen and oxygen atoms in total. The van der Waals surface area contributed by atoms with Crippen molar-refractivity contribution in [3.05, 3.63) is 71.0 Å². The van der Waals surface area contributed by atoms with Crippen LogP contribution >= 0.6 is 0 Å². The van der Waals surface area contributed by atoms with Gasteiger partial charge in [0.25, 0.3) is 5.91 Å². The lowest BCUT2D eigenvalue weighted by atomic mass is 10.1. The summed E-state index contributed by atoms with van der Waals surface area (Å²) in [6.45, 7) is 1.47. The fourth-order valence-electron chi connectivity index (χ4n) is 2.67. The van der Waals surface area contributed by atoms with E-state index in [1.54, 1.807) is 0 Å². The Morgan fingerprint density at radius 3 is 2.45 bits per heavy atom. The van der Waals surface area contributed by atoms with Gasteiger partial charge in [-0.05, 0) is 48.9 Å². The number of rotatable bonds is 4. The Morgan fingerprint density at radius 2 is 1.79 bits per heavy atom. The molecule has 1 heterocycles. The first-order valence-electron chi connectivity index (χ1n) is 8.22. The van der Waals surface area contributed by atoms with Crippen LogP contribution in [0, 0.1) is 6.92 Å². The number of anilines is 1. The van der Waals surface area contributed by atoms with E-state index in [9.17, 15) is 27.9 Å². The van der Waals surface area contributed by atoms with Crippen LogP contribution in [-0.4, -0.2) is 22.1 Å². The number of benzene rings is 2. The number of alkyl halides is 3. The van der Waals surface area contributed by atoms with Crippen LogP contribution in [0.25, 0.3) is 11.3 Å². The van der Waals surface area contributed by atoms with Gasteiger partial charge in [0.2, 0.25) is 0 Å². The SMILES string of the molecule is Cc1cc(NC(=O)c2ccc(-c3cccc(C(F)(F)F)c3)o2)cc(C(=O)O)c1O. The standard InChI is InChI=1S/C20H14F3NO5/c1-10-7-13(9-14(17(10)25)19(27)28)24-18(26)16-6-5-15(29-16)11-3-2-4-12(8-11)20(21,22)23/h2-9,25H,1H3,(H,24,26)(H,27,28). The van der Waals surface area contributed by atoms with Crippen LogP contribution in [0.4, 0.5) is 18.9 Å². The molecule has 0 bridgehead atoms. The van der Waals surface area contributed by atoms with Crippen molar-refractivity contribution in [3.63, 3.8) is 0 Å². The van der Waals surface area contributed by atoms with E-state index in [2.05, 4.69) is 5.32 Å². The maximum Gasteiger partial charge on any atom is 0.416 e. The molecule has 0 atom stereocenters. The van der Waals surface area contributed by atoms with Crippen molar-refractivity contribution in [2.45, 2.75) is 13.1 Å². The quantitative estimate of drug-likeness (QED) is 0.535. The van der Waals surface area contributed by atoms with E-state index < -0.39 is 29.4 Å². The van der Waals surface area contributed by atoms with E-state index in [4.69, 9.17) is 9.52 Å². The van der Waals surface area contributed by atoms with Crippen molar-refractivity contribution in [3.8, 4) is 17.1 Å². The molecule has 0 spiro atoms. The molecule has 1 amide bonds. The lowest BCUT2D eigenvalue weighted by Crippen LogP contribution is -2.12. The summed E-state index contributed by atoms with van der Waals surface area (Å²) in [5.74, 6) is -2.63. The Kier molecular flexibility index (Phi) is 5.06. The van der Waals surface area contributed by atoms with Gasteiger partial charge in [-0.1, -0.05) is 12.1 Å². The minimum absolute atomic E-state index is 0.0642. The Morgan fingerprint density at radius 1 is 1.07 bits per heavy atom. The highest BCUT2D eigenvalue weighted by Gasteiger charge is 2.30. The number of furan rings is 1. The molecule has 3 N–H and O–H groups in total. The molecule has 29 heavy (non-hydrogen) atoms. The summed E-state index contributed by atoms with van der Waals surface area (Å²) in [5, 5.41) is 21.3. The van der Waals surface area contributed by atoms with Gasteiger partial charge in [-0.3, -0.25) is 4.79 Å². The van der Waals surface area contributed by atoms with Crippen LogP contribution < -0.4 is 5.32 Å². The molecule has 2 aromatic carbocycles. The second-order valence-electron chi connectivity index (χ2n) is 6.19. The summed E-state index contributed by atoms with van der Waals surface area (Å²) < 4.78 is 43.9. The molecule has 0 saturated carbocycles. The third-order valence-corrected chi connectivity index (χ3v) is 4.09. The van der Waals surface area contributed by atoms with Crippen LogP contribution in [0.1, 0.15) is 32.0 Å². The third kappa shape index (κ3) is 4.23. The number of aromatic carboxylic acids is 1. The van der Waals surface area contributed by atoms with E-state index in [0.717, 1.165) is 18.2 Å². The molecule has 3 aromatic rings. The summed E-state index contributed by atoms with van der Waals surface area (Å²) >= 11 is 0. The van der Waals surface area contributed by atoms with Gasteiger partial charge in [0.1, 0.15) is 17.1 Å². The Bertz CT molecular complexity index is 1100. The zero-order valence-electron chi connectivity index (χ0n) is 14.9. The van der Waals surface area contributed by atoms with E-state index in [1.807, 2.05) is 0 Å². The van der Waals surface area contributed by atoms with Crippen LogP contribution in [0.5, 0.6) is 5.75 Å². The topological polar surface area (TPSA) is 99.8 Å². The number of amides is 1. The fraction of sp³-hybridized carbons (Fsp3) is 0.100. The zero-order chi connectivity index (χ0) is 21.3. The molecule has 0 aliphatic carbocycles. The van der Waals surface area contributed by atoms with Crippen LogP contribution in [0.15, 0.2) is 52.9 Å². The Hall–Kier alpha value is -3.75. The number of hydrogen-bond acceptors (Lipinski definition) is 4. The monoisotopic (exact) mass is 405 g/mol. The van der Waals surface area contributed by atoms with Gasteiger partial charge in [-0.15, -0.1) is 0 Å². The van der Waals surface area contributed by atoms with E-state index >= 15 is 0 Å². The summed E-state index contributed by atoms with van der Waals surface area (Å²) in [6, 6.07) is 9.57. The highest BCUT2D eigenvalue weighted by atomic mass is 19.4. The Balaban J connectivity index is 1.85. The van der Waals surface area contributed by atoms with Gasteiger partial charge in [0.15, 0.2) is 5.76 Å². The lowest BCUT2D eigenvalue weighted by molar-refractivity contribution is -0.137. The van der Waals surface area contributed by atoms with E-state index in [1.165, 1.54) is 37.3 Å². The number of carboxylic acids is 1. The molecule has 0 aliphatic rings. The highest BCUT2D eigenvalue weighted by Crippen LogP contribution is 2.33. The molecule has 0 aliphatic heterocycles. The summed E-state index contributed by atoms with van der Waals surface area (Å²) in [6.07, 6.45) is -4.51. The van der Waals surface area contributed by atoms with Crippen molar-refractivity contribution in [2.75, 3.05) is 5.32 Å². The second kappa shape index (κ2) is 7.34. The number of aryl methyl sites for hydroxylation is 1. The predicted molar refractivity (Wildman–Crippen MR) is 96.9 cm³/mol. The highest BCUT2D eigenvalue weighted by molar-refractivity contribution is 6.03. The molecular weight excluding hydrogens is 391 g/mol. The largest absolute Gasteiger partial charge is 0.507 e. The van der Waals surface area contributed by atoms with E-state index in [-0.39, 0.29) is 33.9 Å². The fourth-order valence-corrected chi connectivity index (χ4v) is 2.67. The molecule has 0 saturated heterocycles. The van der Waals surface area contributed by atoms with Crippen molar-refractivity contribution in [1.82, 2.24) is 0 Å². The normalized spacial score (nSPS) is 11.3. The number of aromatic hydroxyl groups is 1. The molecule has 0 radical (unpaired) electrons. The van der Waals surface area contributed by atoms with Gasteiger partial charge in [0, 0.05) is 11.3 Å². The predicted octanol–water partition coefficient (Wildman–Crippen LogP) is 4.93. The third-order valence-electron chi connectivity index (χ3n) is 4.09. The number of carbonyl (C=O) groups is 2. The summed E-state index contributed by atoms with van der Waals surface area (Å²) in [5.41, 5.74) is -0.737. The number of hydrogen-bond donors (Lipinski definition) is 3. The van der Waals surface area contributed by atoms with E-state index in [0.29, 0.717) is 0 Å². The van der Waals surface area contributed by atoms with Gasteiger partial charge < -0.3 is 19.9 Å². The van der Waals surface area contributed by atoms with Gasteiger partial charge in [0.05, 0.1) is 5.56 Å². The maximum atomic E-state index is 12.9. The molecule has 0 unspecified atom stereocenters. The number of phenols is 1. The first-order chi connectivity index (χ1) is 13.6. The molecule has 0 fully saturated rings. The van der Waals surface area contributed by atoms with Crippen LogP contribution in [-0.2, 0) is 6.18 Å². The Labute approximate surface area is 162 Å². The number of carboxylic acid groups (broad SMARTS) is 1. The number of halogens is 3. The van der Waals surface area contributed by atoms with Crippen LogP contribution in [0.2, 0.25) is 0 Å². The first-order valence-corrected chi connectivity index (χ1v) is 8.22. The summed E-state index contributed by atoms with van der Waals surface area (Å²) in [4.78, 5) is 23.5. The minimum atomic E-state index is -4.51. The maximum absolute atomic E-state index is 12.9. The van der Waals surface area contributed by atoms with Crippen molar-refractivity contribution in [1.29, 1.82) is 0 Å². The van der Waals surface area contributed by atoms with Gasteiger partial charge in [-0.2, -0.15) is 13.2 Å². The lowest BCUT2D eigenvalue weighted by Gasteiger charge is -2.09. The summed E-state index contributed by atoms with van der Waals surface area (Å²) in [7, 11) is 0. The first kappa shape index (κ1) is 20.0. The smallest absolute Gasteiger partial charge is 0.416 e. The second-order valence-corrected chi connectivity index (χ2v) is 6.19. The average molecular weight is 405 g/mol. The molecule has 1 aromatic heterocycles. The van der Waals surface area contributed by atoms with Gasteiger partial charge in [-0.25, -0.2) is 4.79 Å². The van der Waals surface area contributed by atoms with Crippen molar-refractivity contribution < 1.29 is 37.4 Å². The number of nitrogens with one attached hydrogen (secondary N) is 1. The minimum Gasteiger partial charge on any atom is -0.507 e.